The van der Waals surface area contributed by atoms with Crippen LogP contribution in [0.3, 0.4) is 0 Å². The molecule has 3 rings (SSSR count). The quantitative estimate of drug-likeness (QED) is 0.436. The van der Waals surface area contributed by atoms with Crippen LogP contribution in [0.4, 0.5) is 20.2 Å². The maximum Gasteiger partial charge on any atom is 0.292 e. The van der Waals surface area contributed by atoms with Gasteiger partial charge < -0.3 is 10.2 Å². The number of hydrogen-bond donors (Lipinski definition) is 1. The standard InChI is InChI=1S/C20H18ClF2N5O3/c1-26(2)17(18-14(22)4-3-5-15(18)23)11-24-16-10-25-27(20(29)19(16)21)12-6-8-13(9-7-12)28(30)31/h3-10,17,24H,11H2,1-2H3. The van der Waals surface area contributed by atoms with Crippen molar-refractivity contribution in [2.24, 2.45) is 0 Å². The van der Waals surface area contributed by atoms with Crippen LogP contribution in [-0.2, 0) is 0 Å². The number of likely N-dealkylation sites (N-methyl/N-ethyl adjacent to an activating group) is 1. The van der Waals surface area contributed by atoms with Gasteiger partial charge in [0, 0.05) is 24.2 Å². The third kappa shape index (κ3) is 4.70. The lowest BCUT2D eigenvalue weighted by Crippen LogP contribution is -2.29. The minimum absolute atomic E-state index is 0.0488. The lowest BCUT2D eigenvalue weighted by Gasteiger charge is -2.26. The zero-order valence-corrected chi connectivity index (χ0v) is 17.3. The number of non-ortho nitro benzene ring substituents is 1. The first-order valence-corrected chi connectivity index (χ1v) is 9.45. The second-order valence-electron chi connectivity index (χ2n) is 6.86. The summed E-state index contributed by atoms with van der Waals surface area (Å²) < 4.78 is 29.4. The van der Waals surface area contributed by atoms with E-state index in [1.807, 2.05) is 0 Å². The van der Waals surface area contributed by atoms with Gasteiger partial charge in [-0.1, -0.05) is 17.7 Å². The third-order valence-electron chi connectivity index (χ3n) is 4.67. The van der Waals surface area contributed by atoms with E-state index in [0.29, 0.717) is 5.69 Å². The summed E-state index contributed by atoms with van der Waals surface area (Å²) in [6.07, 6.45) is 1.30. The van der Waals surface area contributed by atoms with Crippen LogP contribution in [0.2, 0.25) is 5.02 Å². The summed E-state index contributed by atoms with van der Waals surface area (Å²) in [6, 6.07) is 8.19. The number of nitrogens with zero attached hydrogens (tertiary/aromatic N) is 4. The van der Waals surface area contributed by atoms with E-state index in [9.17, 15) is 23.7 Å². The molecular formula is C20H18ClF2N5O3. The largest absolute Gasteiger partial charge is 0.380 e. The van der Waals surface area contributed by atoms with Gasteiger partial charge in [-0.2, -0.15) is 9.78 Å². The Morgan fingerprint density at radius 3 is 2.35 bits per heavy atom. The zero-order valence-electron chi connectivity index (χ0n) is 16.6. The van der Waals surface area contributed by atoms with Crippen molar-refractivity contribution >= 4 is 23.0 Å². The Labute approximate surface area is 180 Å². The van der Waals surface area contributed by atoms with E-state index >= 15 is 0 Å². The maximum atomic E-state index is 14.2. The van der Waals surface area contributed by atoms with Gasteiger partial charge in [0.2, 0.25) is 0 Å². The highest BCUT2D eigenvalue weighted by atomic mass is 35.5. The van der Waals surface area contributed by atoms with Crippen LogP contribution in [0.1, 0.15) is 11.6 Å². The molecule has 0 spiro atoms. The van der Waals surface area contributed by atoms with Gasteiger partial charge in [-0.3, -0.25) is 14.9 Å². The van der Waals surface area contributed by atoms with Crippen LogP contribution in [0.15, 0.2) is 53.5 Å². The van der Waals surface area contributed by atoms with E-state index in [2.05, 4.69) is 10.4 Å². The van der Waals surface area contributed by atoms with Crippen molar-refractivity contribution in [2.45, 2.75) is 6.04 Å². The Hall–Kier alpha value is -3.37. The van der Waals surface area contributed by atoms with Crippen LogP contribution >= 0.6 is 11.6 Å². The summed E-state index contributed by atoms with van der Waals surface area (Å²) >= 11 is 6.20. The highest BCUT2D eigenvalue weighted by molar-refractivity contribution is 6.32. The molecule has 0 bridgehead atoms. The van der Waals surface area contributed by atoms with Gasteiger partial charge in [0.15, 0.2) is 0 Å². The molecule has 2 aromatic carbocycles. The van der Waals surface area contributed by atoms with Crippen molar-refractivity contribution in [1.82, 2.24) is 14.7 Å². The fourth-order valence-electron chi connectivity index (χ4n) is 3.03. The Morgan fingerprint density at radius 1 is 1.19 bits per heavy atom. The van der Waals surface area contributed by atoms with Gasteiger partial charge in [-0.25, -0.2) is 8.78 Å². The van der Waals surface area contributed by atoms with Gasteiger partial charge in [-0.15, -0.1) is 0 Å². The summed E-state index contributed by atoms with van der Waals surface area (Å²) in [6.45, 7) is 0.0488. The summed E-state index contributed by atoms with van der Waals surface area (Å²) in [5.74, 6) is -1.36. The van der Waals surface area contributed by atoms with Crippen molar-refractivity contribution < 1.29 is 13.7 Å². The molecule has 1 N–H and O–H groups in total. The predicted octanol–water partition coefficient (Wildman–Crippen LogP) is 3.79. The highest BCUT2D eigenvalue weighted by Gasteiger charge is 2.23. The fraction of sp³-hybridized carbons (Fsp3) is 0.200. The Kier molecular flexibility index (Phi) is 6.62. The lowest BCUT2D eigenvalue weighted by molar-refractivity contribution is -0.384. The molecule has 0 aliphatic rings. The number of hydrogen-bond acceptors (Lipinski definition) is 6. The molecule has 0 radical (unpaired) electrons. The fourth-order valence-corrected chi connectivity index (χ4v) is 3.23. The molecule has 31 heavy (non-hydrogen) atoms. The van der Waals surface area contributed by atoms with Crippen molar-refractivity contribution in [3.63, 3.8) is 0 Å². The molecule has 1 atom stereocenters. The average Bonchev–Trinajstić information content (AvgIpc) is 2.73. The molecule has 0 saturated heterocycles. The topological polar surface area (TPSA) is 93.3 Å². The van der Waals surface area contributed by atoms with Gasteiger partial charge in [0.05, 0.1) is 28.5 Å². The van der Waals surface area contributed by atoms with Crippen molar-refractivity contribution in [3.8, 4) is 5.69 Å². The van der Waals surface area contributed by atoms with Crippen molar-refractivity contribution in [2.75, 3.05) is 26.0 Å². The van der Waals surface area contributed by atoms with Gasteiger partial charge in [0.25, 0.3) is 11.2 Å². The van der Waals surface area contributed by atoms with Crippen LogP contribution in [0, 0.1) is 21.7 Å². The SMILES string of the molecule is CN(C)C(CNc1cnn(-c2ccc([N+](=O)[O-])cc2)c(=O)c1Cl)c1c(F)cccc1F. The number of nitro groups is 1. The number of nitrogens with one attached hydrogen (secondary N) is 1. The summed E-state index contributed by atoms with van der Waals surface area (Å²) in [5, 5.41) is 17.6. The van der Waals surface area contributed by atoms with Crippen LogP contribution in [0.25, 0.3) is 5.69 Å². The molecule has 0 aliphatic heterocycles. The minimum atomic E-state index is -0.686. The molecule has 0 saturated carbocycles. The van der Waals surface area contributed by atoms with Gasteiger partial charge in [-0.05, 0) is 38.4 Å². The Morgan fingerprint density at radius 2 is 1.81 bits per heavy atom. The van der Waals surface area contributed by atoms with E-state index in [1.54, 1.807) is 19.0 Å². The average molecular weight is 450 g/mol. The molecule has 162 valence electrons. The minimum Gasteiger partial charge on any atom is -0.380 e. The number of aromatic nitrogens is 2. The molecule has 0 fully saturated rings. The normalized spacial score (nSPS) is 12.1. The highest BCUT2D eigenvalue weighted by Crippen LogP contribution is 2.26. The van der Waals surface area contributed by atoms with E-state index in [-0.39, 0.29) is 28.5 Å². The number of nitro benzene ring substituents is 1. The van der Waals surface area contributed by atoms with Gasteiger partial charge in [0.1, 0.15) is 16.7 Å². The number of halogens is 3. The predicted molar refractivity (Wildman–Crippen MR) is 113 cm³/mol. The first-order valence-electron chi connectivity index (χ1n) is 9.07. The van der Waals surface area contributed by atoms with Crippen LogP contribution < -0.4 is 10.9 Å². The molecule has 0 amide bonds. The van der Waals surface area contributed by atoms with E-state index in [4.69, 9.17) is 11.6 Å². The van der Waals surface area contributed by atoms with Crippen LogP contribution in [-0.4, -0.2) is 40.2 Å². The first-order chi connectivity index (χ1) is 14.7. The molecular weight excluding hydrogens is 432 g/mol. The summed E-state index contributed by atoms with van der Waals surface area (Å²) in [4.78, 5) is 24.5. The van der Waals surface area contributed by atoms with Crippen molar-refractivity contribution in [1.29, 1.82) is 0 Å². The van der Waals surface area contributed by atoms with Crippen LogP contribution in [0.5, 0.6) is 0 Å². The Balaban J connectivity index is 1.86. The summed E-state index contributed by atoms with van der Waals surface area (Å²) in [5.41, 5.74) is -0.407. The number of anilines is 1. The Bertz CT molecular complexity index is 1150. The van der Waals surface area contributed by atoms with E-state index in [0.717, 1.165) is 4.68 Å². The molecule has 3 aromatic rings. The molecule has 8 nitrogen and oxygen atoms in total. The molecule has 1 unspecified atom stereocenters. The third-order valence-corrected chi connectivity index (χ3v) is 5.03. The number of benzene rings is 2. The van der Waals surface area contributed by atoms with Crippen molar-refractivity contribution in [3.05, 3.63) is 91.4 Å². The molecule has 11 heteroatoms. The zero-order chi connectivity index (χ0) is 22.7. The lowest BCUT2D eigenvalue weighted by atomic mass is 10.0. The van der Waals surface area contributed by atoms with Gasteiger partial charge >= 0.3 is 0 Å². The summed E-state index contributed by atoms with van der Waals surface area (Å²) in [7, 11) is 3.34. The smallest absolute Gasteiger partial charge is 0.292 e. The molecule has 1 aromatic heterocycles. The molecule has 0 aliphatic carbocycles. The first kappa shape index (κ1) is 22.3. The van der Waals surface area contributed by atoms with E-state index < -0.39 is 28.2 Å². The number of rotatable bonds is 7. The van der Waals surface area contributed by atoms with E-state index in [1.165, 1.54) is 48.7 Å². The molecule has 1 heterocycles. The second kappa shape index (κ2) is 9.19. The second-order valence-corrected chi connectivity index (χ2v) is 7.24. The monoisotopic (exact) mass is 449 g/mol. The maximum absolute atomic E-state index is 14.2.